The summed E-state index contributed by atoms with van der Waals surface area (Å²) in [6.07, 6.45) is 5.15. The van der Waals surface area contributed by atoms with Crippen molar-refractivity contribution >= 4 is 51.5 Å². The molecule has 0 amide bonds. The monoisotopic (exact) mass is 442 g/mol. The molecule has 2 aromatic carbocycles. The van der Waals surface area contributed by atoms with E-state index in [9.17, 15) is 9.18 Å². The van der Waals surface area contributed by atoms with E-state index < -0.39 is 0 Å². The van der Waals surface area contributed by atoms with E-state index in [1.165, 1.54) is 24.3 Å². The van der Waals surface area contributed by atoms with Crippen LogP contribution in [0.1, 0.15) is 10.8 Å². The molecule has 0 N–H and O–H groups in total. The summed E-state index contributed by atoms with van der Waals surface area (Å²) in [4.78, 5) is 16.4. The van der Waals surface area contributed by atoms with Crippen molar-refractivity contribution in [3.8, 4) is 5.75 Å². The van der Waals surface area contributed by atoms with Gasteiger partial charge in [0.2, 0.25) is 0 Å². The van der Waals surface area contributed by atoms with Crippen LogP contribution in [-0.2, 0) is 6.54 Å². The zero-order valence-corrected chi connectivity index (χ0v) is 16.9. The third kappa shape index (κ3) is 5.90. The molecule has 9 heteroatoms. The van der Waals surface area contributed by atoms with E-state index in [1.807, 2.05) is 10.8 Å². The predicted molar refractivity (Wildman–Crippen MR) is 109 cm³/mol. The second-order valence-electron chi connectivity index (χ2n) is 5.40. The van der Waals surface area contributed by atoms with Gasteiger partial charge in [-0.2, -0.15) is 0 Å². The lowest BCUT2D eigenvalue weighted by Crippen LogP contribution is -2.07. The Morgan fingerprint density at radius 2 is 2.00 bits per heavy atom. The molecule has 1 heterocycles. The van der Waals surface area contributed by atoms with Crippen LogP contribution in [0.4, 0.5) is 9.18 Å². The molecule has 0 bridgehead atoms. The van der Waals surface area contributed by atoms with E-state index in [-0.39, 0.29) is 15.5 Å². The molecule has 0 saturated carbocycles. The molecule has 3 aromatic rings. The van der Waals surface area contributed by atoms with E-state index in [2.05, 4.69) is 4.98 Å². The van der Waals surface area contributed by atoms with Crippen LogP contribution >= 0.6 is 47.0 Å². The molecule has 0 aliphatic heterocycles. The molecule has 0 radical (unpaired) electrons. The summed E-state index contributed by atoms with van der Waals surface area (Å²) in [6.45, 7) is 0.495. The van der Waals surface area contributed by atoms with Gasteiger partial charge in [-0.05, 0) is 42.0 Å². The highest BCUT2D eigenvalue weighted by Crippen LogP contribution is 2.39. The van der Waals surface area contributed by atoms with E-state index >= 15 is 0 Å². The van der Waals surface area contributed by atoms with Crippen LogP contribution in [0.25, 0.3) is 0 Å². The summed E-state index contributed by atoms with van der Waals surface area (Å²) < 4.78 is 19.9. The Morgan fingerprint density at radius 1 is 1.22 bits per heavy atom. The molecule has 0 fully saturated rings. The van der Waals surface area contributed by atoms with Gasteiger partial charge in [0.1, 0.15) is 23.6 Å². The van der Waals surface area contributed by atoms with Crippen molar-refractivity contribution in [2.24, 2.45) is 0 Å². The zero-order chi connectivity index (χ0) is 19.2. The molecular formula is C18H13Cl2FN2O2S2. The Bertz CT molecular complexity index is 908. The number of benzene rings is 2. The summed E-state index contributed by atoms with van der Waals surface area (Å²) in [5.74, 6) is 0.0249. The van der Waals surface area contributed by atoms with Gasteiger partial charge >= 0.3 is 0 Å². The van der Waals surface area contributed by atoms with E-state index in [0.717, 1.165) is 17.3 Å². The van der Waals surface area contributed by atoms with Crippen LogP contribution in [0, 0.1) is 5.82 Å². The first-order valence-electron chi connectivity index (χ1n) is 7.72. The van der Waals surface area contributed by atoms with E-state index in [1.54, 1.807) is 30.7 Å². The normalized spacial score (nSPS) is 12.0. The van der Waals surface area contributed by atoms with Crippen LogP contribution in [0.5, 0.6) is 5.75 Å². The van der Waals surface area contributed by atoms with Gasteiger partial charge in [0.25, 0.3) is 4.45 Å². The minimum absolute atomic E-state index is 0.254. The van der Waals surface area contributed by atoms with E-state index in [0.29, 0.717) is 34.4 Å². The van der Waals surface area contributed by atoms with Gasteiger partial charge < -0.3 is 8.75 Å². The summed E-state index contributed by atoms with van der Waals surface area (Å²) in [7, 11) is 0. The lowest BCUT2D eigenvalue weighted by Gasteiger charge is -2.18. The minimum Gasteiger partial charge on any atom is -0.417 e. The fourth-order valence-electron chi connectivity index (χ4n) is 2.26. The van der Waals surface area contributed by atoms with Crippen molar-refractivity contribution in [2.75, 3.05) is 0 Å². The average molecular weight is 443 g/mol. The average Bonchev–Trinajstić information content (AvgIpc) is 3.14. The van der Waals surface area contributed by atoms with Crippen molar-refractivity contribution in [1.29, 1.82) is 0 Å². The quantitative estimate of drug-likeness (QED) is 0.399. The highest BCUT2D eigenvalue weighted by molar-refractivity contribution is 8.37. The Kier molecular flexibility index (Phi) is 7.07. The van der Waals surface area contributed by atoms with Gasteiger partial charge in [0.15, 0.2) is 0 Å². The number of nitrogens with zero attached hydrogens (tertiary/aromatic N) is 2. The number of thioether (sulfide) groups is 1. The number of hydrogen-bond donors (Lipinski definition) is 0. The lowest BCUT2D eigenvalue weighted by atomic mass is 10.1. The molecule has 1 aromatic heterocycles. The first-order valence-corrected chi connectivity index (χ1v) is 10.1. The molecule has 1 unspecified atom stereocenters. The summed E-state index contributed by atoms with van der Waals surface area (Å²) in [5.41, 5.74) is 0.787. The van der Waals surface area contributed by atoms with Gasteiger partial charge in [0.05, 0.1) is 11.6 Å². The Labute approximate surface area is 174 Å². The molecule has 0 aliphatic carbocycles. The van der Waals surface area contributed by atoms with Crippen molar-refractivity contribution in [3.63, 3.8) is 0 Å². The lowest BCUT2D eigenvalue weighted by molar-refractivity contribution is 0.275. The largest absolute Gasteiger partial charge is 0.417 e. The molecule has 3 rings (SSSR count). The molecule has 0 spiro atoms. The Balaban J connectivity index is 1.70. The zero-order valence-electron chi connectivity index (χ0n) is 13.7. The van der Waals surface area contributed by atoms with E-state index in [4.69, 9.17) is 27.4 Å². The van der Waals surface area contributed by atoms with Crippen molar-refractivity contribution in [2.45, 2.75) is 11.8 Å². The van der Waals surface area contributed by atoms with Gasteiger partial charge in [-0.3, -0.25) is 4.79 Å². The third-order valence-electron chi connectivity index (χ3n) is 3.50. The van der Waals surface area contributed by atoms with Crippen molar-refractivity contribution in [1.82, 2.24) is 9.55 Å². The maximum Gasteiger partial charge on any atom is 0.285 e. The molecule has 140 valence electrons. The molecule has 0 saturated heterocycles. The van der Waals surface area contributed by atoms with Crippen LogP contribution < -0.4 is 4.18 Å². The van der Waals surface area contributed by atoms with Gasteiger partial charge in [-0.15, -0.1) is 0 Å². The molecular weight excluding hydrogens is 430 g/mol. The predicted octanol–water partition coefficient (Wildman–Crippen LogP) is 6.65. The smallest absolute Gasteiger partial charge is 0.285 e. The van der Waals surface area contributed by atoms with Crippen LogP contribution in [0.15, 0.2) is 61.2 Å². The van der Waals surface area contributed by atoms with Crippen LogP contribution in [0.3, 0.4) is 0 Å². The molecule has 27 heavy (non-hydrogen) atoms. The van der Waals surface area contributed by atoms with Gasteiger partial charge in [-0.25, -0.2) is 9.37 Å². The highest BCUT2D eigenvalue weighted by Gasteiger charge is 2.21. The first kappa shape index (κ1) is 20.1. The first-order chi connectivity index (χ1) is 13.0. The van der Waals surface area contributed by atoms with Gasteiger partial charge in [0, 0.05) is 29.0 Å². The Hall–Kier alpha value is -1.67. The minimum atomic E-state index is -0.370. The van der Waals surface area contributed by atoms with Crippen LogP contribution in [0.2, 0.25) is 10.0 Å². The molecule has 4 nitrogen and oxygen atoms in total. The highest BCUT2D eigenvalue weighted by atomic mass is 35.5. The maximum absolute atomic E-state index is 12.9. The fraction of sp³-hybridized carbons (Fsp3) is 0.111. The second kappa shape index (κ2) is 9.50. The van der Waals surface area contributed by atoms with Crippen molar-refractivity contribution < 1.29 is 13.4 Å². The van der Waals surface area contributed by atoms with Gasteiger partial charge in [-0.1, -0.05) is 41.0 Å². The molecule has 1 atom stereocenters. The number of aromatic nitrogens is 2. The SMILES string of the molecule is O=C(SOc1ccc(F)cc1)SC(Cn1ccnc1)c1ccc(Cl)cc1Cl. The molecule has 0 aliphatic rings. The standard InChI is InChI=1S/C18H13Cl2FN2O2S2/c19-12-1-6-15(16(20)9-12)17(10-23-8-7-22-11-23)26-18(24)27-25-14-4-2-13(21)3-5-14/h1-9,11,17H,10H2. The summed E-state index contributed by atoms with van der Waals surface area (Å²) >= 11 is 14.1. The number of rotatable bonds is 6. The second-order valence-corrected chi connectivity index (χ2v) is 8.38. The topological polar surface area (TPSA) is 44.1 Å². The number of carbonyl (C=O) groups is 1. The summed E-state index contributed by atoms with van der Waals surface area (Å²) in [6, 6.07) is 10.6. The van der Waals surface area contributed by atoms with Crippen molar-refractivity contribution in [3.05, 3.63) is 82.6 Å². The fourth-order valence-corrected chi connectivity index (χ4v) is 4.56. The number of hydrogen-bond acceptors (Lipinski definition) is 5. The number of imidazole rings is 1. The number of halogens is 3. The number of carbonyl (C=O) groups excluding carboxylic acids is 1. The maximum atomic E-state index is 12.9. The van der Waals surface area contributed by atoms with Crippen LogP contribution in [-0.4, -0.2) is 14.0 Å². The third-order valence-corrected chi connectivity index (χ3v) is 5.85. The Morgan fingerprint density at radius 3 is 2.67 bits per heavy atom. The summed E-state index contributed by atoms with van der Waals surface area (Å²) in [5, 5.41) is 0.744.